The van der Waals surface area contributed by atoms with E-state index in [0.29, 0.717) is 28.6 Å². The molecular weight excluding hydrogens is 362 g/mol. The van der Waals surface area contributed by atoms with Gasteiger partial charge in [0.2, 0.25) is 0 Å². The molecule has 0 aliphatic heterocycles. The van der Waals surface area contributed by atoms with Crippen LogP contribution in [-0.4, -0.2) is 15.7 Å². The Kier molecular flexibility index (Phi) is 5.12. The molecule has 0 unspecified atom stereocenters. The topological polar surface area (TPSA) is 56.2 Å². The third-order valence-corrected chi connectivity index (χ3v) is 4.77. The van der Waals surface area contributed by atoms with Crippen molar-refractivity contribution in [3.63, 3.8) is 0 Å². The van der Waals surface area contributed by atoms with Gasteiger partial charge in [0.1, 0.15) is 12.4 Å². The summed E-state index contributed by atoms with van der Waals surface area (Å²) in [7, 11) is 0. The molecule has 3 aromatic rings. The zero-order valence-electron chi connectivity index (χ0n) is 14.8. The van der Waals surface area contributed by atoms with E-state index in [1.54, 1.807) is 18.3 Å². The standard InChI is InChI=1S/C21H20ClN3O2/c22-19-6-1-2-7-20(19)27-14-16-4-3-5-17(10-16)21(26)24-18-11-23-25(13-18)12-15-8-9-15/h1-7,10-11,13,15H,8-9,12,14H2,(H,24,26). The first-order valence-electron chi connectivity index (χ1n) is 8.97. The number of ether oxygens (including phenoxy) is 1. The van der Waals surface area contributed by atoms with E-state index in [9.17, 15) is 4.79 Å². The van der Waals surface area contributed by atoms with Crippen LogP contribution >= 0.6 is 11.6 Å². The number of halogens is 1. The monoisotopic (exact) mass is 381 g/mol. The number of hydrogen-bond donors (Lipinski definition) is 1. The Labute approximate surface area is 162 Å². The maximum absolute atomic E-state index is 12.5. The summed E-state index contributed by atoms with van der Waals surface area (Å²) in [5, 5.41) is 7.76. The molecule has 1 aliphatic carbocycles. The number of rotatable bonds is 7. The average molecular weight is 382 g/mol. The normalized spacial score (nSPS) is 13.4. The van der Waals surface area contributed by atoms with Gasteiger partial charge in [0.25, 0.3) is 5.91 Å². The van der Waals surface area contributed by atoms with Crippen molar-refractivity contribution < 1.29 is 9.53 Å². The summed E-state index contributed by atoms with van der Waals surface area (Å²) in [5.74, 6) is 1.20. The first-order valence-corrected chi connectivity index (χ1v) is 9.35. The van der Waals surface area contributed by atoms with Gasteiger partial charge in [-0.2, -0.15) is 5.10 Å². The highest BCUT2D eigenvalue weighted by Gasteiger charge is 2.22. The second kappa shape index (κ2) is 7.84. The summed E-state index contributed by atoms with van der Waals surface area (Å²) in [6, 6.07) is 14.7. The Morgan fingerprint density at radius 2 is 2.07 bits per heavy atom. The van der Waals surface area contributed by atoms with Gasteiger partial charge >= 0.3 is 0 Å². The molecule has 1 heterocycles. The average Bonchev–Trinajstić information content (AvgIpc) is 3.39. The van der Waals surface area contributed by atoms with Gasteiger partial charge in [-0.3, -0.25) is 9.48 Å². The molecule has 0 bridgehead atoms. The van der Waals surface area contributed by atoms with Crippen molar-refractivity contribution in [1.29, 1.82) is 0 Å². The van der Waals surface area contributed by atoms with Gasteiger partial charge in [0.15, 0.2) is 0 Å². The van der Waals surface area contributed by atoms with Crippen molar-refractivity contribution in [2.45, 2.75) is 26.0 Å². The number of benzene rings is 2. The second-order valence-corrected chi connectivity index (χ2v) is 7.18. The van der Waals surface area contributed by atoms with Gasteiger partial charge in [-0.1, -0.05) is 35.9 Å². The molecule has 0 spiro atoms. The van der Waals surface area contributed by atoms with Crippen molar-refractivity contribution in [1.82, 2.24) is 9.78 Å². The van der Waals surface area contributed by atoms with Crippen LogP contribution in [0.15, 0.2) is 60.9 Å². The molecule has 5 nitrogen and oxygen atoms in total. The zero-order chi connectivity index (χ0) is 18.6. The number of para-hydroxylation sites is 1. The van der Waals surface area contributed by atoms with Gasteiger partial charge in [-0.15, -0.1) is 0 Å². The number of nitrogens with zero attached hydrogens (tertiary/aromatic N) is 2. The summed E-state index contributed by atoms with van der Waals surface area (Å²) in [6.07, 6.45) is 6.10. The number of carbonyl (C=O) groups is 1. The zero-order valence-corrected chi connectivity index (χ0v) is 15.5. The molecule has 1 aromatic heterocycles. The first-order chi connectivity index (χ1) is 13.2. The highest BCUT2D eigenvalue weighted by atomic mass is 35.5. The van der Waals surface area contributed by atoms with Crippen LogP contribution in [0, 0.1) is 5.92 Å². The van der Waals surface area contributed by atoms with E-state index in [2.05, 4.69) is 10.4 Å². The summed E-state index contributed by atoms with van der Waals surface area (Å²) in [6.45, 7) is 1.26. The van der Waals surface area contributed by atoms with Crippen LogP contribution in [0.3, 0.4) is 0 Å². The molecular formula is C21H20ClN3O2. The van der Waals surface area contributed by atoms with Gasteiger partial charge in [0.05, 0.1) is 16.9 Å². The molecule has 1 N–H and O–H groups in total. The van der Waals surface area contributed by atoms with Gasteiger partial charge in [-0.05, 0) is 48.6 Å². The number of nitrogens with one attached hydrogen (secondary N) is 1. The third-order valence-electron chi connectivity index (χ3n) is 4.45. The molecule has 1 amide bonds. The number of aromatic nitrogens is 2. The van der Waals surface area contributed by atoms with E-state index in [1.807, 2.05) is 47.3 Å². The Morgan fingerprint density at radius 3 is 2.89 bits per heavy atom. The van der Waals surface area contributed by atoms with E-state index in [1.165, 1.54) is 12.8 Å². The van der Waals surface area contributed by atoms with E-state index < -0.39 is 0 Å². The Bertz CT molecular complexity index is 950. The van der Waals surface area contributed by atoms with Crippen molar-refractivity contribution in [3.05, 3.63) is 77.1 Å². The largest absolute Gasteiger partial charge is 0.487 e. The minimum absolute atomic E-state index is 0.166. The van der Waals surface area contributed by atoms with Crippen molar-refractivity contribution in [2.24, 2.45) is 5.92 Å². The molecule has 2 aromatic carbocycles. The number of anilines is 1. The van der Waals surface area contributed by atoms with Crippen LogP contribution < -0.4 is 10.1 Å². The summed E-state index contributed by atoms with van der Waals surface area (Å²) < 4.78 is 7.64. The Morgan fingerprint density at radius 1 is 1.22 bits per heavy atom. The van der Waals surface area contributed by atoms with Crippen LogP contribution in [0.5, 0.6) is 5.75 Å². The Balaban J connectivity index is 1.38. The predicted molar refractivity (Wildman–Crippen MR) is 105 cm³/mol. The predicted octanol–water partition coefficient (Wildman–Crippen LogP) is 4.78. The smallest absolute Gasteiger partial charge is 0.255 e. The summed E-state index contributed by atoms with van der Waals surface area (Å²) >= 11 is 6.10. The molecule has 0 atom stereocenters. The molecule has 6 heteroatoms. The molecule has 27 heavy (non-hydrogen) atoms. The van der Waals surface area contributed by atoms with E-state index in [4.69, 9.17) is 16.3 Å². The molecule has 138 valence electrons. The Hall–Kier alpha value is -2.79. The highest BCUT2D eigenvalue weighted by Crippen LogP contribution is 2.30. The lowest BCUT2D eigenvalue weighted by Crippen LogP contribution is -2.12. The first kappa shape index (κ1) is 17.6. The molecule has 1 aliphatic rings. The number of hydrogen-bond acceptors (Lipinski definition) is 3. The van der Waals surface area contributed by atoms with Crippen molar-refractivity contribution in [2.75, 3.05) is 5.32 Å². The molecule has 4 rings (SSSR count). The third kappa shape index (κ3) is 4.68. The molecule has 1 saturated carbocycles. The van der Waals surface area contributed by atoms with Gasteiger partial charge in [-0.25, -0.2) is 0 Å². The fourth-order valence-electron chi connectivity index (χ4n) is 2.82. The van der Waals surface area contributed by atoms with Gasteiger partial charge < -0.3 is 10.1 Å². The fraction of sp³-hybridized carbons (Fsp3) is 0.238. The lowest BCUT2D eigenvalue weighted by molar-refractivity contribution is 0.102. The van der Waals surface area contributed by atoms with E-state index in [-0.39, 0.29) is 5.91 Å². The number of amides is 1. The van der Waals surface area contributed by atoms with Gasteiger partial charge in [0, 0.05) is 18.3 Å². The van der Waals surface area contributed by atoms with Crippen LogP contribution in [0.4, 0.5) is 5.69 Å². The van der Waals surface area contributed by atoms with Crippen LogP contribution in [0.2, 0.25) is 5.02 Å². The van der Waals surface area contributed by atoms with E-state index >= 15 is 0 Å². The summed E-state index contributed by atoms with van der Waals surface area (Å²) in [5.41, 5.74) is 2.18. The lowest BCUT2D eigenvalue weighted by Gasteiger charge is -2.09. The molecule has 1 fully saturated rings. The fourth-order valence-corrected chi connectivity index (χ4v) is 3.01. The summed E-state index contributed by atoms with van der Waals surface area (Å²) in [4.78, 5) is 12.5. The minimum Gasteiger partial charge on any atom is -0.487 e. The highest BCUT2D eigenvalue weighted by molar-refractivity contribution is 6.32. The van der Waals surface area contributed by atoms with Crippen LogP contribution in [-0.2, 0) is 13.2 Å². The van der Waals surface area contributed by atoms with Crippen molar-refractivity contribution >= 4 is 23.2 Å². The quantitative estimate of drug-likeness (QED) is 0.640. The van der Waals surface area contributed by atoms with Crippen molar-refractivity contribution in [3.8, 4) is 5.75 Å². The lowest BCUT2D eigenvalue weighted by atomic mass is 10.1. The maximum Gasteiger partial charge on any atom is 0.255 e. The molecule has 0 radical (unpaired) electrons. The number of carbonyl (C=O) groups excluding carboxylic acids is 1. The second-order valence-electron chi connectivity index (χ2n) is 6.77. The minimum atomic E-state index is -0.166. The maximum atomic E-state index is 12.5. The SMILES string of the molecule is O=C(Nc1cnn(CC2CC2)c1)c1cccc(COc2ccccc2Cl)c1. The van der Waals surface area contributed by atoms with E-state index in [0.717, 1.165) is 18.0 Å². The molecule has 0 saturated heterocycles. The van der Waals surface area contributed by atoms with Crippen LogP contribution in [0.1, 0.15) is 28.8 Å². The van der Waals surface area contributed by atoms with Crippen LogP contribution in [0.25, 0.3) is 0 Å².